The van der Waals surface area contributed by atoms with Crippen LogP contribution in [0.4, 0.5) is 0 Å². The highest BCUT2D eigenvalue weighted by Gasteiger charge is 2.14. The van der Waals surface area contributed by atoms with E-state index in [1.165, 1.54) is 12.1 Å². The third-order valence-electron chi connectivity index (χ3n) is 2.25. The van der Waals surface area contributed by atoms with Crippen molar-refractivity contribution in [1.29, 1.82) is 0 Å². The number of aliphatic hydroxyl groups excluding tert-OH is 1. The number of aliphatic hydroxyl groups is 1. The molecule has 1 rings (SSSR count). The van der Waals surface area contributed by atoms with Crippen molar-refractivity contribution in [3.8, 4) is 5.75 Å². The summed E-state index contributed by atoms with van der Waals surface area (Å²) in [5.41, 5.74) is 0.204. The van der Waals surface area contributed by atoms with Crippen molar-refractivity contribution in [3.63, 3.8) is 0 Å². The van der Waals surface area contributed by atoms with Crippen molar-refractivity contribution < 1.29 is 15.0 Å². The SMILES string of the molecule is CCC(CO)NC(=O)c1ccc(Br)cc1O. The molecule has 0 bridgehead atoms. The number of amides is 1. The zero-order valence-corrected chi connectivity index (χ0v) is 10.5. The first kappa shape index (κ1) is 13.0. The first-order valence-corrected chi connectivity index (χ1v) is 5.78. The number of benzene rings is 1. The quantitative estimate of drug-likeness (QED) is 0.789. The van der Waals surface area contributed by atoms with Gasteiger partial charge < -0.3 is 15.5 Å². The second-order valence-electron chi connectivity index (χ2n) is 3.42. The van der Waals surface area contributed by atoms with Gasteiger partial charge in [-0.2, -0.15) is 0 Å². The highest BCUT2D eigenvalue weighted by molar-refractivity contribution is 9.10. The molecule has 0 aliphatic carbocycles. The van der Waals surface area contributed by atoms with E-state index in [4.69, 9.17) is 5.11 Å². The molecule has 4 nitrogen and oxygen atoms in total. The Kier molecular flexibility index (Phi) is 4.76. The van der Waals surface area contributed by atoms with Gasteiger partial charge in [0.2, 0.25) is 0 Å². The van der Waals surface area contributed by atoms with Gasteiger partial charge >= 0.3 is 0 Å². The Morgan fingerprint density at radius 3 is 2.75 bits per heavy atom. The smallest absolute Gasteiger partial charge is 0.255 e. The molecule has 0 heterocycles. The largest absolute Gasteiger partial charge is 0.507 e. The van der Waals surface area contributed by atoms with Crippen LogP contribution in [0.25, 0.3) is 0 Å². The lowest BCUT2D eigenvalue weighted by Gasteiger charge is -2.14. The normalized spacial score (nSPS) is 12.2. The average molecular weight is 288 g/mol. The van der Waals surface area contributed by atoms with E-state index in [2.05, 4.69) is 21.2 Å². The molecular weight excluding hydrogens is 274 g/mol. The van der Waals surface area contributed by atoms with Crippen LogP contribution in [0.5, 0.6) is 5.75 Å². The number of rotatable bonds is 4. The zero-order chi connectivity index (χ0) is 12.1. The van der Waals surface area contributed by atoms with Gasteiger partial charge in [-0.1, -0.05) is 22.9 Å². The summed E-state index contributed by atoms with van der Waals surface area (Å²) < 4.78 is 0.704. The van der Waals surface area contributed by atoms with E-state index in [0.29, 0.717) is 10.9 Å². The van der Waals surface area contributed by atoms with Crippen molar-refractivity contribution in [2.75, 3.05) is 6.61 Å². The lowest BCUT2D eigenvalue weighted by molar-refractivity contribution is 0.0912. The van der Waals surface area contributed by atoms with Crippen LogP contribution in [0.3, 0.4) is 0 Å². The van der Waals surface area contributed by atoms with E-state index in [0.717, 1.165) is 0 Å². The Morgan fingerprint density at radius 2 is 2.25 bits per heavy atom. The predicted octanol–water partition coefficient (Wildman–Crippen LogP) is 1.66. The van der Waals surface area contributed by atoms with Crippen LogP contribution < -0.4 is 5.32 Å². The van der Waals surface area contributed by atoms with Gasteiger partial charge in [0.15, 0.2) is 0 Å². The van der Waals surface area contributed by atoms with Crippen LogP contribution >= 0.6 is 15.9 Å². The van der Waals surface area contributed by atoms with Gasteiger partial charge in [0.1, 0.15) is 5.75 Å². The number of hydrogen-bond donors (Lipinski definition) is 3. The standard InChI is InChI=1S/C11H14BrNO3/c1-2-8(6-14)13-11(16)9-4-3-7(12)5-10(9)15/h3-5,8,14-15H,2,6H2,1H3,(H,13,16). The first-order chi connectivity index (χ1) is 7.58. The third kappa shape index (κ3) is 3.21. The molecule has 0 aromatic heterocycles. The second-order valence-corrected chi connectivity index (χ2v) is 4.34. The molecular formula is C11H14BrNO3. The number of phenols is 1. The molecule has 0 spiro atoms. The summed E-state index contributed by atoms with van der Waals surface area (Å²) in [5.74, 6) is -0.467. The maximum absolute atomic E-state index is 11.7. The van der Waals surface area contributed by atoms with Crippen LogP contribution in [-0.2, 0) is 0 Å². The molecule has 1 aromatic carbocycles. The van der Waals surface area contributed by atoms with E-state index >= 15 is 0 Å². The highest BCUT2D eigenvalue weighted by atomic mass is 79.9. The Hall–Kier alpha value is -1.07. The monoisotopic (exact) mass is 287 g/mol. The van der Waals surface area contributed by atoms with E-state index in [1.54, 1.807) is 6.07 Å². The van der Waals surface area contributed by atoms with Crippen LogP contribution in [0.15, 0.2) is 22.7 Å². The van der Waals surface area contributed by atoms with Gasteiger partial charge in [-0.3, -0.25) is 4.79 Å². The van der Waals surface area contributed by atoms with Gasteiger partial charge in [-0.15, -0.1) is 0 Å². The Bertz CT molecular complexity index is 377. The van der Waals surface area contributed by atoms with E-state index in [-0.39, 0.29) is 29.9 Å². The minimum atomic E-state index is -0.383. The van der Waals surface area contributed by atoms with Crippen molar-refractivity contribution in [2.45, 2.75) is 19.4 Å². The second kappa shape index (κ2) is 5.86. The fourth-order valence-electron chi connectivity index (χ4n) is 1.24. The lowest BCUT2D eigenvalue weighted by Crippen LogP contribution is -2.36. The Balaban J connectivity index is 2.80. The molecule has 3 N–H and O–H groups in total. The number of aromatic hydroxyl groups is 1. The number of nitrogens with one attached hydrogen (secondary N) is 1. The van der Waals surface area contributed by atoms with E-state index in [1.807, 2.05) is 6.92 Å². The van der Waals surface area contributed by atoms with Crippen molar-refractivity contribution in [3.05, 3.63) is 28.2 Å². The molecule has 0 aliphatic heterocycles. The Labute approximate surface area is 102 Å². The zero-order valence-electron chi connectivity index (χ0n) is 8.90. The van der Waals surface area contributed by atoms with Crippen LogP contribution in [-0.4, -0.2) is 28.8 Å². The molecule has 88 valence electrons. The summed E-state index contributed by atoms with van der Waals surface area (Å²) in [5, 5.41) is 21.1. The maximum Gasteiger partial charge on any atom is 0.255 e. The van der Waals surface area contributed by atoms with Crippen molar-refractivity contribution in [1.82, 2.24) is 5.32 Å². The summed E-state index contributed by atoms with van der Waals surface area (Å²) in [6.07, 6.45) is 0.638. The van der Waals surface area contributed by atoms with Gasteiger partial charge in [-0.05, 0) is 24.6 Å². The number of hydrogen-bond acceptors (Lipinski definition) is 3. The summed E-state index contributed by atoms with van der Waals surface area (Å²) in [4.78, 5) is 11.7. The summed E-state index contributed by atoms with van der Waals surface area (Å²) in [6, 6.07) is 4.37. The van der Waals surface area contributed by atoms with Gasteiger partial charge in [0, 0.05) is 4.47 Å². The van der Waals surface area contributed by atoms with Crippen molar-refractivity contribution in [2.24, 2.45) is 0 Å². The van der Waals surface area contributed by atoms with E-state index in [9.17, 15) is 9.90 Å². The molecule has 1 aromatic rings. The third-order valence-corrected chi connectivity index (χ3v) is 2.75. The molecule has 0 radical (unpaired) electrons. The number of carbonyl (C=O) groups is 1. The summed E-state index contributed by atoms with van der Waals surface area (Å²) >= 11 is 3.19. The molecule has 1 amide bonds. The fourth-order valence-corrected chi connectivity index (χ4v) is 1.59. The first-order valence-electron chi connectivity index (χ1n) is 4.98. The van der Waals surface area contributed by atoms with Gasteiger partial charge in [-0.25, -0.2) is 0 Å². The fraction of sp³-hybridized carbons (Fsp3) is 0.364. The molecule has 0 fully saturated rings. The van der Waals surface area contributed by atoms with Crippen LogP contribution in [0, 0.1) is 0 Å². The number of phenolic OH excluding ortho intramolecular Hbond substituents is 1. The Morgan fingerprint density at radius 1 is 1.56 bits per heavy atom. The molecule has 0 saturated heterocycles. The molecule has 0 saturated carbocycles. The number of carbonyl (C=O) groups excluding carboxylic acids is 1. The summed E-state index contributed by atoms with van der Waals surface area (Å²) in [6.45, 7) is 1.75. The highest BCUT2D eigenvalue weighted by Crippen LogP contribution is 2.22. The average Bonchev–Trinajstić information content (AvgIpc) is 2.25. The topological polar surface area (TPSA) is 69.6 Å². The van der Waals surface area contributed by atoms with E-state index < -0.39 is 0 Å². The number of halogens is 1. The minimum absolute atomic E-state index is 0.0836. The molecule has 1 atom stereocenters. The minimum Gasteiger partial charge on any atom is -0.507 e. The van der Waals surface area contributed by atoms with Gasteiger partial charge in [0.25, 0.3) is 5.91 Å². The molecule has 5 heteroatoms. The predicted molar refractivity (Wildman–Crippen MR) is 64.4 cm³/mol. The summed E-state index contributed by atoms with van der Waals surface area (Å²) in [7, 11) is 0. The van der Waals surface area contributed by atoms with Crippen molar-refractivity contribution >= 4 is 21.8 Å². The van der Waals surface area contributed by atoms with Gasteiger partial charge in [0.05, 0.1) is 18.2 Å². The molecule has 16 heavy (non-hydrogen) atoms. The maximum atomic E-state index is 11.7. The van der Waals surface area contributed by atoms with Crippen LogP contribution in [0.2, 0.25) is 0 Å². The van der Waals surface area contributed by atoms with Crippen LogP contribution in [0.1, 0.15) is 23.7 Å². The molecule has 0 aliphatic rings. The lowest BCUT2D eigenvalue weighted by atomic mass is 10.1. The molecule has 1 unspecified atom stereocenters.